The Kier molecular flexibility index (Phi) is 4.81. The maximum atomic E-state index is 6.58. The normalized spacial score (nSPS) is 11.7. The summed E-state index contributed by atoms with van der Waals surface area (Å²) in [6, 6.07) is 38.3. The molecule has 5 nitrogen and oxygen atoms in total. The van der Waals surface area contributed by atoms with E-state index in [1.54, 1.807) is 0 Å². The van der Waals surface area contributed by atoms with Crippen LogP contribution in [0.2, 0.25) is 5.02 Å². The summed E-state index contributed by atoms with van der Waals surface area (Å²) in [5, 5.41) is 4.75. The van der Waals surface area contributed by atoms with Crippen molar-refractivity contribution in [1.29, 1.82) is 0 Å². The molecule has 0 saturated heterocycles. The number of fused-ring (bicyclic) bond motifs is 6. The predicted molar refractivity (Wildman–Crippen MR) is 157 cm³/mol. The summed E-state index contributed by atoms with van der Waals surface area (Å²) in [7, 11) is 0. The molecule has 39 heavy (non-hydrogen) atoms. The smallest absolute Gasteiger partial charge is 0.238 e. The molecule has 0 amide bonds. The van der Waals surface area contributed by atoms with Gasteiger partial charge in [0.2, 0.25) is 5.95 Å². The first-order chi connectivity index (χ1) is 19.3. The minimum absolute atomic E-state index is 0.529. The molecular weight excluding hydrogens is 504 g/mol. The maximum Gasteiger partial charge on any atom is 0.238 e. The number of halogens is 1. The van der Waals surface area contributed by atoms with Crippen LogP contribution in [0.4, 0.5) is 0 Å². The van der Waals surface area contributed by atoms with Crippen molar-refractivity contribution in [3.05, 3.63) is 120 Å². The van der Waals surface area contributed by atoms with Gasteiger partial charge in [-0.3, -0.25) is 4.57 Å². The summed E-state index contributed by atoms with van der Waals surface area (Å²) in [4.78, 5) is 15.0. The SMILES string of the molecule is Clc1cccc2oc3c(-c4nc(-c5ccccc5)nc(-n5c6ccccc6c6ccccc65)n4)cccc3c12. The minimum Gasteiger partial charge on any atom is -0.455 e. The number of rotatable bonds is 3. The van der Waals surface area contributed by atoms with E-state index >= 15 is 0 Å². The van der Waals surface area contributed by atoms with Crippen molar-refractivity contribution in [2.24, 2.45) is 0 Å². The molecule has 0 saturated carbocycles. The van der Waals surface area contributed by atoms with E-state index in [9.17, 15) is 0 Å². The van der Waals surface area contributed by atoms with E-state index in [4.69, 9.17) is 31.0 Å². The lowest BCUT2D eigenvalue weighted by atomic mass is 10.1. The second-order valence-electron chi connectivity index (χ2n) is 9.42. The summed E-state index contributed by atoms with van der Waals surface area (Å²) < 4.78 is 8.45. The molecule has 0 aliphatic heterocycles. The lowest BCUT2D eigenvalue weighted by Gasteiger charge is -2.11. The highest BCUT2D eigenvalue weighted by molar-refractivity contribution is 6.37. The van der Waals surface area contributed by atoms with Crippen molar-refractivity contribution in [2.75, 3.05) is 0 Å². The van der Waals surface area contributed by atoms with Crippen LogP contribution < -0.4 is 0 Å². The van der Waals surface area contributed by atoms with Gasteiger partial charge in [0.15, 0.2) is 11.6 Å². The Morgan fingerprint density at radius 2 is 1.21 bits per heavy atom. The average Bonchev–Trinajstić information content (AvgIpc) is 3.54. The fraction of sp³-hybridized carbons (Fsp3) is 0. The summed E-state index contributed by atoms with van der Waals surface area (Å²) in [5.74, 6) is 1.66. The Hall–Kier alpha value is -5.00. The highest BCUT2D eigenvalue weighted by Crippen LogP contribution is 2.39. The van der Waals surface area contributed by atoms with Crippen LogP contribution >= 0.6 is 11.6 Å². The highest BCUT2D eigenvalue weighted by atomic mass is 35.5. The first-order valence-electron chi connectivity index (χ1n) is 12.7. The van der Waals surface area contributed by atoms with Gasteiger partial charge in [0.25, 0.3) is 0 Å². The topological polar surface area (TPSA) is 56.7 Å². The summed E-state index contributed by atoms with van der Waals surface area (Å²) in [6.07, 6.45) is 0. The van der Waals surface area contributed by atoms with Crippen LogP contribution in [0.15, 0.2) is 120 Å². The Labute approximate surface area is 228 Å². The standard InChI is InChI=1S/C33H19ClN4O/c34-25-16-9-19-28-29(25)23-14-8-15-24(30(23)39-28)32-35-31(20-10-2-1-3-11-20)36-33(37-32)38-26-17-6-4-12-21(26)22-13-5-7-18-27(22)38/h1-19H. The van der Waals surface area contributed by atoms with E-state index in [1.165, 1.54) is 0 Å². The maximum absolute atomic E-state index is 6.58. The zero-order valence-electron chi connectivity index (χ0n) is 20.5. The summed E-state index contributed by atoms with van der Waals surface area (Å²) in [6.45, 7) is 0. The van der Waals surface area contributed by atoms with Crippen molar-refractivity contribution < 1.29 is 4.42 Å². The summed E-state index contributed by atoms with van der Waals surface area (Å²) in [5.41, 5.74) is 5.17. The zero-order chi connectivity index (χ0) is 25.9. The molecule has 0 fully saturated rings. The Morgan fingerprint density at radius 3 is 1.97 bits per heavy atom. The van der Waals surface area contributed by atoms with E-state index < -0.39 is 0 Å². The van der Waals surface area contributed by atoms with Gasteiger partial charge in [-0.15, -0.1) is 0 Å². The zero-order valence-corrected chi connectivity index (χ0v) is 21.3. The van der Waals surface area contributed by atoms with Crippen LogP contribution in [0.25, 0.3) is 72.5 Å². The first-order valence-corrected chi connectivity index (χ1v) is 13.0. The number of hydrogen-bond acceptors (Lipinski definition) is 4. The van der Waals surface area contributed by atoms with E-state index in [0.717, 1.165) is 49.3 Å². The number of furan rings is 1. The van der Waals surface area contributed by atoms with E-state index in [1.807, 2.05) is 78.9 Å². The molecular formula is C33H19ClN4O. The number of para-hydroxylation sites is 3. The molecule has 5 aromatic carbocycles. The van der Waals surface area contributed by atoms with Crippen molar-refractivity contribution >= 4 is 55.3 Å². The van der Waals surface area contributed by atoms with Gasteiger partial charge >= 0.3 is 0 Å². The fourth-order valence-electron chi connectivity index (χ4n) is 5.42. The quantitative estimate of drug-likeness (QED) is 0.232. The number of nitrogens with zero attached hydrogens (tertiary/aromatic N) is 4. The molecule has 0 spiro atoms. The van der Waals surface area contributed by atoms with Crippen molar-refractivity contribution in [2.45, 2.75) is 0 Å². The minimum atomic E-state index is 0.529. The Morgan fingerprint density at radius 1 is 0.564 bits per heavy atom. The van der Waals surface area contributed by atoms with Crippen molar-refractivity contribution in [3.8, 4) is 28.7 Å². The van der Waals surface area contributed by atoms with Gasteiger partial charge in [-0.25, -0.2) is 4.98 Å². The van der Waals surface area contributed by atoms with Gasteiger partial charge in [0, 0.05) is 27.1 Å². The Bertz CT molecular complexity index is 2140. The molecule has 0 unspecified atom stereocenters. The lowest BCUT2D eigenvalue weighted by Crippen LogP contribution is -2.06. The fourth-order valence-corrected chi connectivity index (χ4v) is 5.69. The van der Waals surface area contributed by atoms with Crippen LogP contribution in [0.5, 0.6) is 0 Å². The van der Waals surface area contributed by atoms with Crippen LogP contribution in [0.1, 0.15) is 0 Å². The van der Waals surface area contributed by atoms with E-state index in [0.29, 0.717) is 28.2 Å². The molecule has 184 valence electrons. The third kappa shape index (κ3) is 3.37. The number of hydrogen-bond donors (Lipinski definition) is 0. The van der Waals surface area contributed by atoms with Crippen molar-refractivity contribution in [1.82, 2.24) is 19.5 Å². The van der Waals surface area contributed by atoms with Gasteiger partial charge in [-0.2, -0.15) is 9.97 Å². The van der Waals surface area contributed by atoms with Crippen LogP contribution in [0, 0.1) is 0 Å². The largest absolute Gasteiger partial charge is 0.455 e. The molecule has 3 heterocycles. The van der Waals surface area contributed by atoms with Crippen LogP contribution in [0.3, 0.4) is 0 Å². The van der Waals surface area contributed by atoms with Gasteiger partial charge in [-0.1, -0.05) is 96.5 Å². The molecule has 8 rings (SSSR count). The molecule has 0 bridgehead atoms. The molecule has 0 N–H and O–H groups in total. The molecule has 0 atom stereocenters. The molecule has 0 aliphatic carbocycles. The van der Waals surface area contributed by atoms with Gasteiger partial charge in [0.1, 0.15) is 11.2 Å². The highest BCUT2D eigenvalue weighted by Gasteiger charge is 2.20. The Balaban J connectivity index is 1.47. The number of benzene rings is 5. The van der Waals surface area contributed by atoms with Gasteiger partial charge < -0.3 is 4.42 Å². The lowest BCUT2D eigenvalue weighted by molar-refractivity contribution is 0.669. The van der Waals surface area contributed by atoms with Gasteiger partial charge in [-0.05, 0) is 30.3 Å². The molecule has 8 aromatic rings. The predicted octanol–water partition coefficient (Wildman–Crippen LogP) is 8.86. The number of aromatic nitrogens is 4. The molecule has 3 aromatic heterocycles. The molecule has 0 radical (unpaired) electrons. The average molecular weight is 523 g/mol. The third-order valence-electron chi connectivity index (χ3n) is 7.15. The van der Waals surface area contributed by atoms with E-state index in [-0.39, 0.29) is 0 Å². The second kappa shape index (κ2) is 8.51. The van der Waals surface area contributed by atoms with Crippen LogP contribution in [-0.4, -0.2) is 19.5 Å². The molecule has 0 aliphatic rings. The van der Waals surface area contributed by atoms with Crippen molar-refractivity contribution in [3.63, 3.8) is 0 Å². The monoisotopic (exact) mass is 522 g/mol. The summed E-state index contributed by atoms with van der Waals surface area (Å²) >= 11 is 6.58. The first kappa shape index (κ1) is 22.0. The van der Waals surface area contributed by atoms with Gasteiger partial charge in [0.05, 0.1) is 21.6 Å². The molecule has 6 heteroatoms. The second-order valence-corrected chi connectivity index (χ2v) is 9.82. The third-order valence-corrected chi connectivity index (χ3v) is 7.46. The van der Waals surface area contributed by atoms with E-state index in [2.05, 4.69) is 41.0 Å². The van der Waals surface area contributed by atoms with Crippen LogP contribution in [-0.2, 0) is 0 Å².